The van der Waals surface area contributed by atoms with E-state index in [1.54, 1.807) is 13.8 Å². The molecule has 0 radical (unpaired) electrons. The average molecular weight is 334 g/mol. The highest BCUT2D eigenvalue weighted by Crippen LogP contribution is 2.19. The molecule has 1 fully saturated rings. The van der Waals surface area contributed by atoms with E-state index in [-0.39, 0.29) is 5.91 Å². The summed E-state index contributed by atoms with van der Waals surface area (Å²) in [5.74, 6) is 0.654. The van der Waals surface area contributed by atoms with Crippen LogP contribution in [0.2, 0.25) is 0 Å². The molecule has 1 aliphatic rings. The van der Waals surface area contributed by atoms with Crippen molar-refractivity contribution in [1.29, 1.82) is 0 Å². The molecule has 0 unspecified atom stereocenters. The number of ether oxygens (including phenoxy) is 2. The van der Waals surface area contributed by atoms with Crippen LogP contribution in [0.4, 0.5) is 5.69 Å². The van der Waals surface area contributed by atoms with Gasteiger partial charge in [-0.1, -0.05) is 6.42 Å². The fourth-order valence-corrected chi connectivity index (χ4v) is 2.78. The monoisotopic (exact) mass is 334 g/mol. The lowest BCUT2D eigenvalue weighted by Crippen LogP contribution is -2.39. The summed E-state index contributed by atoms with van der Waals surface area (Å²) in [5, 5.41) is 2.85. The van der Waals surface area contributed by atoms with E-state index in [0.717, 1.165) is 18.0 Å². The number of rotatable bonds is 7. The average Bonchev–Trinajstić information content (AvgIpc) is 2.58. The molecule has 0 aromatic heterocycles. The highest BCUT2D eigenvalue weighted by Gasteiger charge is 2.26. The van der Waals surface area contributed by atoms with Crippen molar-refractivity contribution in [3.8, 4) is 5.75 Å². The lowest BCUT2D eigenvalue weighted by molar-refractivity contribution is -0.133. The van der Waals surface area contributed by atoms with Gasteiger partial charge < -0.3 is 14.8 Å². The second-order valence-corrected chi connectivity index (χ2v) is 6.92. The summed E-state index contributed by atoms with van der Waals surface area (Å²) in [5.41, 5.74) is -0.109. The van der Waals surface area contributed by atoms with E-state index in [1.165, 1.54) is 32.9 Å². The number of hydrogen-bond donors (Lipinski definition) is 1. The van der Waals surface area contributed by atoms with Crippen molar-refractivity contribution in [2.75, 3.05) is 32.1 Å². The van der Waals surface area contributed by atoms with Gasteiger partial charge in [-0.2, -0.15) is 0 Å². The molecule has 5 heteroatoms. The summed E-state index contributed by atoms with van der Waals surface area (Å²) < 4.78 is 11.0. The molecule has 1 amide bonds. The lowest BCUT2D eigenvalue weighted by atomic mass is 10.0. The Bertz CT molecular complexity index is 528. The van der Waals surface area contributed by atoms with Crippen LogP contribution in [-0.4, -0.2) is 49.3 Å². The summed E-state index contributed by atoms with van der Waals surface area (Å²) in [4.78, 5) is 14.5. The van der Waals surface area contributed by atoms with Crippen molar-refractivity contribution in [1.82, 2.24) is 4.90 Å². The summed E-state index contributed by atoms with van der Waals surface area (Å²) >= 11 is 0. The van der Waals surface area contributed by atoms with E-state index < -0.39 is 5.60 Å². The van der Waals surface area contributed by atoms with Gasteiger partial charge in [-0.25, -0.2) is 0 Å². The van der Waals surface area contributed by atoms with Gasteiger partial charge in [0.1, 0.15) is 18.0 Å². The van der Waals surface area contributed by atoms with E-state index in [0.29, 0.717) is 12.6 Å². The smallest absolute Gasteiger partial charge is 0.256 e. The fraction of sp³-hybridized carbons (Fsp3) is 0.632. The standard InChI is InChI=1S/C19H30N2O3/c1-15-7-5-6-12-21(15)13-14-24-17-10-8-16(9-11-17)20-18(22)19(2,3)23-4/h8-11,15H,5-7,12-14H2,1-4H3,(H,20,22)/t15-/m1/s1. The maximum atomic E-state index is 12.1. The predicted octanol–water partition coefficient (Wildman–Crippen LogP) is 3.30. The van der Waals surface area contributed by atoms with Crippen molar-refractivity contribution in [2.24, 2.45) is 0 Å². The SMILES string of the molecule is COC(C)(C)C(=O)Nc1ccc(OCCN2CCCC[C@H]2C)cc1. The topological polar surface area (TPSA) is 50.8 Å². The molecule has 2 rings (SSSR count). The molecule has 0 saturated carbocycles. The van der Waals surface area contributed by atoms with Crippen LogP contribution in [0.15, 0.2) is 24.3 Å². The number of amides is 1. The highest BCUT2D eigenvalue weighted by atomic mass is 16.5. The van der Waals surface area contributed by atoms with Gasteiger partial charge in [-0.05, 0) is 64.4 Å². The number of benzene rings is 1. The van der Waals surface area contributed by atoms with Crippen LogP contribution >= 0.6 is 0 Å². The van der Waals surface area contributed by atoms with Crippen LogP contribution in [0, 0.1) is 0 Å². The number of likely N-dealkylation sites (tertiary alicyclic amines) is 1. The van der Waals surface area contributed by atoms with Crippen LogP contribution in [0.25, 0.3) is 0 Å². The van der Waals surface area contributed by atoms with Gasteiger partial charge in [0.05, 0.1) is 0 Å². The maximum absolute atomic E-state index is 12.1. The zero-order chi connectivity index (χ0) is 17.6. The minimum atomic E-state index is -0.847. The Labute approximate surface area is 145 Å². The lowest BCUT2D eigenvalue weighted by Gasteiger charge is -2.33. The minimum Gasteiger partial charge on any atom is -0.492 e. The first-order valence-corrected chi connectivity index (χ1v) is 8.76. The zero-order valence-corrected chi connectivity index (χ0v) is 15.3. The van der Waals surface area contributed by atoms with Crippen LogP contribution < -0.4 is 10.1 Å². The van der Waals surface area contributed by atoms with Gasteiger partial charge in [0.2, 0.25) is 0 Å². The summed E-state index contributed by atoms with van der Waals surface area (Å²) in [6.07, 6.45) is 3.91. The molecule has 1 saturated heterocycles. The number of carbonyl (C=O) groups excluding carboxylic acids is 1. The second-order valence-electron chi connectivity index (χ2n) is 6.92. The maximum Gasteiger partial charge on any atom is 0.256 e. The largest absolute Gasteiger partial charge is 0.492 e. The zero-order valence-electron chi connectivity index (χ0n) is 15.3. The Kier molecular flexibility index (Phi) is 6.63. The van der Waals surface area contributed by atoms with Gasteiger partial charge in [0.25, 0.3) is 5.91 Å². The molecule has 0 aliphatic carbocycles. The summed E-state index contributed by atoms with van der Waals surface area (Å²) in [6, 6.07) is 8.12. The Morgan fingerprint density at radius 1 is 1.29 bits per heavy atom. The molecular weight excluding hydrogens is 304 g/mol. The summed E-state index contributed by atoms with van der Waals surface area (Å²) in [7, 11) is 1.53. The molecule has 0 bridgehead atoms. The number of piperidine rings is 1. The number of nitrogens with one attached hydrogen (secondary N) is 1. The molecule has 1 N–H and O–H groups in total. The fourth-order valence-electron chi connectivity index (χ4n) is 2.78. The Morgan fingerprint density at radius 2 is 2.00 bits per heavy atom. The van der Waals surface area contributed by atoms with Gasteiger partial charge in [-0.3, -0.25) is 9.69 Å². The molecule has 24 heavy (non-hydrogen) atoms. The highest BCUT2D eigenvalue weighted by molar-refractivity contribution is 5.96. The van der Waals surface area contributed by atoms with E-state index >= 15 is 0 Å². The van der Waals surface area contributed by atoms with E-state index in [4.69, 9.17) is 9.47 Å². The molecule has 1 aromatic rings. The first kappa shape index (κ1) is 18.7. The third-order valence-electron chi connectivity index (χ3n) is 4.76. The quantitative estimate of drug-likeness (QED) is 0.831. The third kappa shape index (κ3) is 5.21. The van der Waals surface area contributed by atoms with Gasteiger partial charge >= 0.3 is 0 Å². The van der Waals surface area contributed by atoms with Crippen LogP contribution in [0.1, 0.15) is 40.0 Å². The van der Waals surface area contributed by atoms with Crippen molar-refractivity contribution in [3.05, 3.63) is 24.3 Å². The second kappa shape index (κ2) is 8.49. The van der Waals surface area contributed by atoms with Crippen LogP contribution in [-0.2, 0) is 9.53 Å². The van der Waals surface area contributed by atoms with Crippen LogP contribution in [0.3, 0.4) is 0 Å². The van der Waals surface area contributed by atoms with Crippen molar-refractivity contribution in [3.63, 3.8) is 0 Å². The number of anilines is 1. The Morgan fingerprint density at radius 3 is 2.62 bits per heavy atom. The van der Waals surface area contributed by atoms with E-state index in [2.05, 4.69) is 17.1 Å². The predicted molar refractivity (Wildman–Crippen MR) is 96.5 cm³/mol. The van der Waals surface area contributed by atoms with Gasteiger partial charge in [0, 0.05) is 25.4 Å². The first-order chi connectivity index (χ1) is 11.4. The molecular formula is C19H30N2O3. The first-order valence-electron chi connectivity index (χ1n) is 8.76. The number of hydrogen-bond acceptors (Lipinski definition) is 4. The van der Waals surface area contributed by atoms with Gasteiger partial charge in [-0.15, -0.1) is 0 Å². The van der Waals surface area contributed by atoms with Crippen molar-refractivity contribution < 1.29 is 14.3 Å². The molecule has 1 heterocycles. The minimum absolute atomic E-state index is 0.169. The van der Waals surface area contributed by atoms with E-state index in [1.807, 2.05) is 24.3 Å². The van der Waals surface area contributed by atoms with Crippen molar-refractivity contribution in [2.45, 2.75) is 51.7 Å². The Hall–Kier alpha value is -1.59. The molecule has 0 spiro atoms. The molecule has 1 atom stereocenters. The Balaban J connectivity index is 1.78. The van der Waals surface area contributed by atoms with E-state index in [9.17, 15) is 4.79 Å². The van der Waals surface area contributed by atoms with Crippen molar-refractivity contribution >= 4 is 11.6 Å². The molecule has 1 aromatic carbocycles. The third-order valence-corrected chi connectivity index (χ3v) is 4.76. The number of methoxy groups -OCH3 is 1. The number of nitrogens with zero attached hydrogens (tertiary/aromatic N) is 1. The molecule has 5 nitrogen and oxygen atoms in total. The molecule has 134 valence electrons. The van der Waals surface area contributed by atoms with Crippen LogP contribution in [0.5, 0.6) is 5.75 Å². The molecule has 1 aliphatic heterocycles. The normalized spacial score (nSPS) is 19.1. The number of carbonyl (C=O) groups is 1. The van der Waals surface area contributed by atoms with Gasteiger partial charge in [0.15, 0.2) is 0 Å². The summed E-state index contributed by atoms with van der Waals surface area (Å²) in [6.45, 7) is 8.58.